The third-order valence-corrected chi connectivity index (χ3v) is 5.30. The first kappa shape index (κ1) is 18.2. The zero-order valence-corrected chi connectivity index (χ0v) is 15.4. The van der Waals surface area contributed by atoms with Gasteiger partial charge in [0.25, 0.3) is 5.91 Å². The van der Waals surface area contributed by atoms with Crippen molar-refractivity contribution >= 4 is 5.91 Å². The Hall–Kier alpha value is -1.59. The van der Waals surface area contributed by atoms with Gasteiger partial charge in [0.15, 0.2) is 6.61 Å². The predicted octanol–water partition coefficient (Wildman–Crippen LogP) is 2.91. The van der Waals surface area contributed by atoms with Gasteiger partial charge in [-0.2, -0.15) is 0 Å². The SMILES string of the molecule is CC[C@H](N[C@H]1CCO[C@H]1C)c1ccccc1OCC(=O)N1CCCC1. The highest BCUT2D eigenvalue weighted by Gasteiger charge is 2.27. The van der Waals surface area contributed by atoms with Gasteiger partial charge in [0, 0.05) is 37.3 Å². The van der Waals surface area contributed by atoms with Crippen molar-refractivity contribution < 1.29 is 14.3 Å². The van der Waals surface area contributed by atoms with Gasteiger partial charge in [-0.15, -0.1) is 0 Å². The second kappa shape index (κ2) is 8.68. The Labute approximate surface area is 150 Å². The Kier molecular flexibility index (Phi) is 6.32. The lowest BCUT2D eigenvalue weighted by atomic mass is 10.0. The molecule has 5 nitrogen and oxygen atoms in total. The van der Waals surface area contributed by atoms with Crippen LogP contribution < -0.4 is 10.1 Å². The summed E-state index contributed by atoms with van der Waals surface area (Å²) in [6, 6.07) is 8.62. The van der Waals surface area contributed by atoms with Crippen molar-refractivity contribution in [1.82, 2.24) is 10.2 Å². The fourth-order valence-electron chi connectivity index (χ4n) is 3.73. The number of hydrogen-bond donors (Lipinski definition) is 1. The van der Waals surface area contributed by atoms with E-state index in [0.29, 0.717) is 6.04 Å². The van der Waals surface area contributed by atoms with Crippen molar-refractivity contribution in [3.05, 3.63) is 29.8 Å². The van der Waals surface area contributed by atoms with E-state index >= 15 is 0 Å². The molecule has 0 aliphatic carbocycles. The summed E-state index contributed by atoms with van der Waals surface area (Å²) in [7, 11) is 0. The van der Waals surface area contributed by atoms with Crippen LogP contribution in [0.4, 0.5) is 0 Å². The fraction of sp³-hybridized carbons (Fsp3) is 0.650. The Morgan fingerprint density at radius 3 is 2.80 bits per heavy atom. The standard InChI is InChI=1S/C20H30N2O3/c1-3-17(21-18-10-13-24-15(18)2)16-8-4-5-9-19(16)25-14-20(23)22-11-6-7-12-22/h4-5,8-9,15,17-18,21H,3,6-7,10-14H2,1-2H3/t15-,17-,18-/m0/s1. The van der Waals surface area contributed by atoms with Gasteiger partial charge in [-0.3, -0.25) is 4.79 Å². The van der Waals surface area contributed by atoms with E-state index in [4.69, 9.17) is 9.47 Å². The van der Waals surface area contributed by atoms with Gasteiger partial charge >= 0.3 is 0 Å². The molecule has 25 heavy (non-hydrogen) atoms. The molecule has 1 N–H and O–H groups in total. The van der Waals surface area contributed by atoms with Gasteiger partial charge in [0.05, 0.1) is 6.10 Å². The lowest BCUT2D eigenvalue weighted by Crippen LogP contribution is -2.37. The average Bonchev–Trinajstić information content (AvgIpc) is 3.30. The van der Waals surface area contributed by atoms with Gasteiger partial charge in [-0.25, -0.2) is 0 Å². The van der Waals surface area contributed by atoms with Crippen LogP contribution in [0, 0.1) is 0 Å². The van der Waals surface area contributed by atoms with E-state index in [0.717, 1.165) is 56.7 Å². The van der Waals surface area contributed by atoms with Crippen molar-refractivity contribution in [1.29, 1.82) is 0 Å². The molecule has 138 valence electrons. The quantitative estimate of drug-likeness (QED) is 0.825. The number of nitrogens with zero attached hydrogens (tertiary/aromatic N) is 1. The molecule has 0 bridgehead atoms. The number of carbonyl (C=O) groups is 1. The molecular formula is C20H30N2O3. The molecule has 0 unspecified atom stereocenters. The number of amides is 1. The molecule has 0 spiro atoms. The first-order valence-corrected chi connectivity index (χ1v) is 9.56. The minimum absolute atomic E-state index is 0.0890. The molecule has 1 amide bonds. The summed E-state index contributed by atoms with van der Waals surface area (Å²) in [5.74, 6) is 0.895. The molecule has 2 aliphatic heterocycles. The number of ether oxygens (including phenoxy) is 2. The van der Waals surface area contributed by atoms with Crippen LogP contribution in [0.1, 0.15) is 51.1 Å². The Morgan fingerprint density at radius 2 is 2.12 bits per heavy atom. The zero-order chi connectivity index (χ0) is 17.6. The van der Waals surface area contributed by atoms with Crippen LogP contribution in [-0.2, 0) is 9.53 Å². The lowest BCUT2D eigenvalue weighted by Gasteiger charge is -2.26. The summed E-state index contributed by atoms with van der Waals surface area (Å²) in [5.41, 5.74) is 1.12. The molecule has 2 heterocycles. The molecule has 3 atom stereocenters. The second-order valence-corrected chi connectivity index (χ2v) is 7.01. The molecule has 1 aromatic carbocycles. The van der Waals surface area contributed by atoms with Crippen LogP contribution in [0.2, 0.25) is 0 Å². The molecular weight excluding hydrogens is 316 g/mol. The maximum absolute atomic E-state index is 12.3. The molecule has 2 saturated heterocycles. The average molecular weight is 346 g/mol. The Bertz CT molecular complexity index is 572. The summed E-state index contributed by atoms with van der Waals surface area (Å²) in [6.45, 7) is 6.96. The van der Waals surface area contributed by atoms with Gasteiger partial charge in [0.2, 0.25) is 0 Å². The molecule has 2 aliphatic rings. The van der Waals surface area contributed by atoms with Crippen LogP contribution in [0.15, 0.2) is 24.3 Å². The Balaban J connectivity index is 1.65. The van der Waals surface area contributed by atoms with Crippen LogP contribution in [-0.4, -0.2) is 49.3 Å². The molecule has 1 aromatic rings. The molecule has 5 heteroatoms. The van der Waals surface area contributed by atoms with Crippen LogP contribution in [0.5, 0.6) is 5.75 Å². The molecule has 0 radical (unpaired) electrons. The van der Waals surface area contributed by atoms with Gasteiger partial charge < -0.3 is 19.7 Å². The molecule has 0 saturated carbocycles. The number of carbonyl (C=O) groups excluding carboxylic acids is 1. The third-order valence-electron chi connectivity index (χ3n) is 5.30. The van der Waals surface area contributed by atoms with E-state index in [1.54, 1.807) is 0 Å². The lowest BCUT2D eigenvalue weighted by molar-refractivity contribution is -0.132. The molecule has 0 aromatic heterocycles. The molecule has 3 rings (SSSR count). The summed E-state index contributed by atoms with van der Waals surface area (Å²) in [4.78, 5) is 14.2. The minimum Gasteiger partial charge on any atom is -0.483 e. The molecule has 2 fully saturated rings. The predicted molar refractivity (Wildman–Crippen MR) is 97.7 cm³/mol. The van der Waals surface area contributed by atoms with E-state index in [1.807, 2.05) is 23.1 Å². The number of benzene rings is 1. The van der Waals surface area contributed by atoms with Crippen molar-refractivity contribution in [2.45, 2.75) is 57.7 Å². The second-order valence-electron chi connectivity index (χ2n) is 7.01. The minimum atomic E-state index is 0.0890. The first-order valence-electron chi connectivity index (χ1n) is 9.56. The van der Waals surface area contributed by atoms with Crippen molar-refractivity contribution in [3.63, 3.8) is 0 Å². The highest BCUT2D eigenvalue weighted by molar-refractivity contribution is 5.78. The zero-order valence-electron chi connectivity index (χ0n) is 15.4. The van der Waals surface area contributed by atoms with E-state index < -0.39 is 0 Å². The van der Waals surface area contributed by atoms with Crippen molar-refractivity contribution in [2.24, 2.45) is 0 Å². The first-order chi connectivity index (χ1) is 12.2. The highest BCUT2D eigenvalue weighted by atomic mass is 16.5. The topological polar surface area (TPSA) is 50.8 Å². The summed E-state index contributed by atoms with van der Waals surface area (Å²) in [6.07, 6.45) is 4.44. The number of nitrogens with one attached hydrogen (secondary N) is 1. The largest absolute Gasteiger partial charge is 0.483 e. The highest BCUT2D eigenvalue weighted by Crippen LogP contribution is 2.29. The maximum Gasteiger partial charge on any atom is 0.260 e. The fourth-order valence-corrected chi connectivity index (χ4v) is 3.73. The van der Waals surface area contributed by atoms with Crippen LogP contribution >= 0.6 is 0 Å². The van der Waals surface area contributed by atoms with E-state index in [2.05, 4.69) is 25.2 Å². The van der Waals surface area contributed by atoms with Gasteiger partial charge in [-0.1, -0.05) is 25.1 Å². The monoisotopic (exact) mass is 346 g/mol. The van der Waals surface area contributed by atoms with E-state index in [9.17, 15) is 4.79 Å². The van der Waals surface area contributed by atoms with Crippen LogP contribution in [0.25, 0.3) is 0 Å². The number of hydrogen-bond acceptors (Lipinski definition) is 4. The summed E-state index contributed by atoms with van der Waals surface area (Å²) < 4.78 is 11.6. The Morgan fingerprint density at radius 1 is 1.36 bits per heavy atom. The van der Waals surface area contributed by atoms with Gasteiger partial charge in [0.1, 0.15) is 5.75 Å². The maximum atomic E-state index is 12.3. The van der Waals surface area contributed by atoms with E-state index in [1.165, 1.54) is 0 Å². The van der Waals surface area contributed by atoms with Crippen molar-refractivity contribution in [3.8, 4) is 5.75 Å². The van der Waals surface area contributed by atoms with E-state index in [-0.39, 0.29) is 24.7 Å². The summed E-state index contributed by atoms with van der Waals surface area (Å²) >= 11 is 0. The third kappa shape index (κ3) is 4.53. The number of para-hydroxylation sites is 1. The smallest absolute Gasteiger partial charge is 0.260 e. The summed E-state index contributed by atoms with van der Waals surface area (Å²) in [5, 5.41) is 3.71. The van der Waals surface area contributed by atoms with Crippen LogP contribution in [0.3, 0.4) is 0 Å². The normalized spacial score (nSPS) is 24.5. The number of rotatable bonds is 7. The van der Waals surface area contributed by atoms with Crippen molar-refractivity contribution in [2.75, 3.05) is 26.3 Å². The van der Waals surface area contributed by atoms with Gasteiger partial charge in [-0.05, 0) is 38.7 Å². The number of likely N-dealkylation sites (tertiary alicyclic amines) is 1.